The van der Waals surface area contributed by atoms with Crippen LogP contribution < -0.4 is 0 Å². The zero-order valence-electron chi connectivity index (χ0n) is 9.94. The fourth-order valence-electron chi connectivity index (χ4n) is 1.95. The van der Waals surface area contributed by atoms with Gasteiger partial charge in [-0.15, -0.1) is 0 Å². The number of carbonyl (C=O) groups is 1. The van der Waals surface area contributed by atoms with Gasteiger partial charge in [0.05, 0.1) is 18.8 Å². The molecule has 3 unspecified atom stereocenters. The van der Waals surface area contributed by atoms with E-state index in [1.165, 1.54) is 0 Å². The minimum atomic E-state index is -0.452. The molecule has 0 heterocycles. The molecule has 0 spiro atoms. The smallest absolute Gasteiger partial charge is 0.333 e. The van der Waals surface area contributed by atoms with E-state index in [1.54, 1.807) is 14.0 Å². The number of hydrogen-bond acceptors (Lipinski definition) is 4. The van der Waals surface area contributed by atoms with E-state index in [9.17, 15) is 9.90 Å². The van der Waals surface area contributed by atoms with Crippen LogP contribution in [0.15, 0.2) is 12.2 Å². The highest BCUT2D eigenvalue weighted by atomic mass is 16.5. The molecule has 0 saturated heterocycles. The predicted molar refractivity (Wildman–Crippen MR) is 59.9 cm³/mol. The summed E-state index contributed by atoms with van der Waals surface area (Å²) in [7, 11) is 1.61. The number of rotatable bonds is 4. The average Bonchev–Trinajstić information content (AvgIpc) is 2.25. The van der Waals surface area contributed by atoms with Crippen molar-refractivity contribution in [2.45, 2.75) is 38.4 Å². The summed E-state index contributed by atoms with van der Waals surface area (Å²) >= 11 is 0. The first-order valence-electron chi connectivity index (χ1n) is 5.58. The fraction of sp³-hybridized carbons (Fsp3) is 0.750. The van der Waals surface area contributed by atoms with Crippen molar-refractivity contribution in [2.75, 3.05) is 13.7 Å². The molecule has 1 saturated carbocycles. The van der Waals surface area contributed by atoms with E-state index in [4.69, 9.17) is 9.47 Å². The normalized spacial score (nSPS) is 29.8. The second-order valence-corrected chi connectivity index (χ2v) is 4.40. The molecule has 92 valence electrons. The van der Waals surface area contributed by atoms with Crippen molar-refractivity contribution < 1.29 is 19.4 Å². The van der Waals surface area contributed by atoms with Gasteiger partial charge in [-0.1, -0.05) is 6.58 Å². The van der Waals surface area contributed by atoms with E-state index >= 15 is 0 Å². The van der Waals surface area contributed by atoms with Gasteiger partial charge in [0.15, 0.2) is 0 Å². The van der Waals surface area contributed by atoms with Gasteiger partial charge in [0.25, 0.3) is 0 Å². The summed E-state index contributed by atoms with van der Waals surface area (Å²) in [5.74, 6) is -0.131. The van der Waals surface area contributed by atoms with Crippen molar-refractivity contribution in [3.05, 3.63) is 12.2 Å². The maximum Gasteiger partial charge on any atom is 0.333 e. The third kappa shape index (κ3) is 3.61. The molecule has 1 aliphatic carbocycles. The molecule has 3 atom stereocenters. The van der Waals surface area contributed by atoms with Crippen LogP contribution in [0.1, 0.15) is 26.2 Å². The zero-order chi connectivity index (χ0) is 12.1. The first-order valence-corrected chi connectivity index (χ1v) is 5.58. The van der Waals surface area contributed by atoms with Crippen LogP contribution in [0.25, 0.3) is 0 Å². The van der Waals surface area contributed by atoms with Crippen molar-refractivity contribution in [2.24, 2.45) is 5.92 Å². The molecule has 0 aliphatic heterocycles. The Labute approximate surface area is 96.2 Å². The maximum absolute atomic E-state index is 11.2. The Bertz CT molecular complexity index is 262. The van der Waals surface area contributed by atoms with E-state index < -0.39 is 6.10 Å². The Balaban J connectivity index is 2.30. The lowest BCUT2D eigenvalue weighted by molar-refractivity contribution is -0.142. The van der Waals surface area contributed by atoms with Crippen LogP contribution in [0.5, 0.6) is 0 Å². The molecule has 0 amide bonds. The highest BCUT2D eigenvalue weighted by molar-refractivity contribution is 5.86. The molecule has 1 fully saturated rings. The SMILES string of the molecule is C=C(C)C(=O)OCC1CCC(OC)C(O)C1. The number of ether oxygens (including phenoxy) is 2. The van der Waals surface area contributed by atoms with Crippen LogP contribution in [-0.2, 0) is 14.3 Å². The predicted octanol–water partition coefficient (Wildman–Crippen LogP) is 1.28. The molecule has 4 nitrogen and oxygen atoms in total. The summed E-state index contributed by atoms with van der Waals surface area (Å²) in [4.78, 5) is 11.2. The Morgan fingerprint density at radius 3 is 2.69 bits per heavy atom. The number of hydrogen-bond donors (Lipinski definition) is 1. The van der Waals surface area contributed by atoms with E-state index in [2.05, 4.69) is 6.58 Å². The summed E-state index contributed by atoms with van der Waals surface area (Å²) in [5, 5.41) is 9.73. The number of carbonyl (C=O) groups excluding carboxylic acids is 1. The Morgan fingerprint density at radius 2 is 2.19 bits per heavy atom. The van der Waals surface area contributed by atoms with Gasteiger partial charge < -0.3 is 14.6 Å². The second-order valence-electron chi connectivity index (χ2n) is 4.40. The summed E-state index contributed by atoms with van der Waals surface area (Å²) < 4.78 is 10.2. The summed E-state index contributed by atoms with van der Waals surface area (Å²) in [6.07, 6.45) is 1.83. The number of methoxy groups -OCH3 is 1. The van der Waals surface area contributed by atoms with Crippen LogP contribution in [0.4, 0.5) is 0 Å². The lowest BCUT2D eigenvalue weighted by Gasteiger charge is -2.31. The van der Waals surface area contributed by atoms with Crippen molar-refractivity contribution >= 4 is 5.97 Å². The van der Waals surface area contributed by atoms with Gasteiger partial charge in [-0.2, -0.15) is 0 Å². The third-order valence-electron chi connectivity index (χ3n) is 2.96. The van der Waals surface area contributed by atoms with Gasteiger partial charge in [0, 0.05) is 12.7 Å². The van der Waals surface area contributed by atoms with Gasteiger partial charge in [0.1, 0.15) is 0 Å². The summed E-state index contributed by atoms with van der Waals surface area (Å²) in [6.45, 7) is 5.50. The molecule has 1 rings (SSSR count). The first-order chi connectivity index (χ1) is 7.54. The topological polar surface area (TPSA) is 55.8 Å². The van der Waals surface area contributed by atoms with E-state index in [-0.39, 0.29) is 18.0 Å². The maximum atomic E-state index is 11.2. The molecule has 16 heavy (non-hydrogen) atoms. The summed E-state index contributed by atoms with van der Waals surface area (Å²) in [6, 6.07) is 0. The molecule has 0 aromatic rings. The molecule has 0 aromatic heterocycles. The Hall–Kier alpha value is -0.870. The fourth-order valence-corrected chi connectivity index (χ4v) is 1.95. The van der Waals surface area contributed by atoms with E-state index in [1.807, 2.05) is 0 Å². The van der Waals surface area contributed by atoms with Gasteiger partial charge in [-0.25, -0.2) is 4.79 Å². The van der Waals surface area contributed by atoms with Crippen LogP contribution in [0.3, 0.4) is 0 Å². The number of aliphatic hydroxyl groups is 1. The zero-order valence-corrected chi connectivity index (χ0v) is 9.94. The van der Waals surface area contributed by atoms with Crippen molar-refractivity contribution in [1.29, 1.82) is 0 Å². The van der Waals surface area contributed by atoms with Crippen LogP contribution in [-0.4, -0.2) is 37.0 Å². The van der Waals surface area contributed by atoms with E-state index in [0.717, 1.165) is 12.8 Å². The standard InChI is InChI=1S/C12H20O4/c1-8(2)12(14)16-7-9-4-5-11(15-3)10(13)6-9/h9-11,13H,1,4-7H2,2-3H3. The molecule has 4 heteroatoms. The molecule has 1 aliphatic rings. The molecular formula is C12H20O4. The highest BCUT2D eigenvalue weighted by Gasteiger charge is 2.29. The number of esters is 1. The minimum absolute atomic E-state index is 0.0758. The van der Waals surface area contributed by atoms with Crippen molar-refractivity contribution in [3.63, 3.8) is 0 Å². The quantitative estimate of drug-likeness (QED) is 0.581. The minimum Gasteiger partial charge on any atom is -0.462 e. The van der Waals surface area contributed by atoms with Crippen LogP contribution >= 0.6 is 0 Å². The van der Waals surface area contributed by atoms with Gasteiger partial charge in [0.2, 0.25) is 0 Å². The van der Waals surface area contributed by atoms with Crippen molar-refractivity contribution in [3.8, 4) is 0 Å². The molecule has 0 radical (unpaired) electrons. The average molecular weight is 228 g/mol. The molecule has 0 bridgehead atoms. The van der Waals surface area contributed by atoms with Gasteiger partial charge in [-0.05, 0) is 32.1 Å². The number of aliphatic hydroxyl groups excluding tert-OH is 1. The van der Waals surface area contributed by atoms with Crippen LogP contribution in [0.2, 0.25) is 0 Å². The lowest BCUT2D eigenvalue weighted by atomic mass is 9.86. The monoisotopic (exact) mass is 228 g/mol. The first kappa shape index (κ1) is 13.2. The van der Waals surface area contributed by atoms with E-state index in [0.29, 0.717) is 18.6 Å². The second kappa shape index (κ2) is 6.01. The van der Waals surface area contributed by atoms with Crippen LogP contribution in [0, 0.1) is 5.92 Å². The Morgan fingerprint density at radius 1 is 1.50 bits per heavy atom. The molecular weight excluding hydrogens is 208 g/mol. The van der Waals surface area contributed by atoms with Crippen molar-refractivity contribution in [1.82, 2.24) is 0 Å². The highest BCUT2D eigenvalue weighted by Crippen LogP contribution is 2.26. The molecule has 0 aromatic carbocycles. The largest absolute Gasteiger partial charge is 0.462 e. The molecule has 1 N–H and O–H groups in total. The lowest BCUT2D eigenvalue weighted by Crippen LogP contribution is -2.36. The summed E-state index contributed by atoms with van der Waals surface area (Å²) in [5.41, 5.74) is 0.408. The van der Waals surface area contributed by atoms with Gasteiger partial charge >= 0.3 is 5.97 Å². The Kier molecular flexibility index (Phi) is 4.96. The third-order valence-corrected chi connectivity index (χ3v) is 2.96. The van der Waals surface area contributed by atoms with Gasteiger partial charge in [-0.3, -0.25) is 0 Å².